The molecule has 1 heterocycles. The largest absolute Gasteiger partial charge is 0.466 e. The van der Waals surface area contributed by atoms with E-state index in [9.17, 15) is 14.0 Å². The maximum Gasteiger partial charge on any atom is 0.314 e. The Morgan fingerprint density at radius 2 is 1.81 bits per heavy atom. The SMILES string of the molecule is CCOC(=O)[C@]1(Cc2ccccc2F)CCCN(C(=O)c2ccccc2)C1. The van der Waals surface area contributed by atoms with E-state index in [1.807, 2.05) is 18.2 Å². The Balaban J connectivity index is 1.89. The van der Waals surface area contributed by atoms with Crippen LogP contribution in [0.15, 0.2) is 54.6 Å². The minimum atomic E-state index is -0.930. The lowest BCUT2D eigenvalue weighted by Gasteiger charge is -2.41. The van der Waals surface area contributed by atoms with Gasteiger partial charge in [0.2, 0.25) is 0 Å². The van der Waals surface area contributed by atoms with E-state index >= 15 is 0 Å². The van der Waals surface area contributed by atoms with Crippen molar-refractivity contribution in [2.24, 2.45) is 5.41 Å². The maximum atomic E-state index is 14.3. The fraction of sp³-hybridized carbons (Fsp3) is 0.364. The van der Waals surface area contributed by atoms with E-state index in [0.717, 1.165) is 0 Å². The molecule has 1 atom stereocenters. The molecular formula is C22H24FNO3. The minimum absolute atomic E-state index is 0.113. The number of nitrogens with zero attached hydrogens (tertiary/aromatic N) is 1. The van der Waals surface area contributed by atoms with Crippen LogP contribution in [0.1, 0.15) is 35.7 Å². The van der Waals surface area contributed by atoms with Crippen LogP contribution in [-0.4, -0.2) is 36.5 Å². The van der Waals surface area contributed by atoms with Crippen LogP contribution < -0.4 is 0 Å². The van der Waals surface area contributed by atoms with Crippen molar-refractivity contribution in [1.82, 2.24) is 4.90 Å². The molecule has 2 aromatic rings. The zero-order valence-electron chi connectivity index (χ0n) is 15.5. The van der Waals surface area contributed by atoms with Gasteiger partial charge in [0.1, 0.15) is 5.82 Å². The van der Waals surface area contributed by atoms with E-state index in [1.165, 1.54) is 6.07 Å². The smallest absolute Gasteiger partial charge is 0.314 e. The Hall–Kier alpha value is -2.69. The molecule has 1 fully saturated rings. The molecule has 3 rings (SSSR count). The molecule has 0 aliphatic carbocycles. The zero-order valence-corrected chi connectivity index (χ0v) is 15.5. The lowest BCUT2D eigenvalue weighted by molar-refractivity contribution is -0.158. The molecular weight excluding hydrogens is 345 g/mol. The molecule has 4 nitrogen and oxygen atoms in total. The molecule has 142 valence electrons. The summed E-state index contributed by atoms with van der Waals surface area (Å²) in [6.07, 6.45) is 1.46. The van der Waals surface area contributed by atoms with Crippen molar-refractivity contribution in [1.29, 1.82) is 0 Å². The van der Waals surface area contributed by atoms with Crippen molar-refractivity contribution in [3.63, 3.8) is 0 Å². The summed E-state index contributed by atoms with van der Waals surface area (Å²) in [6.45, 7) is 2.81. The van der Waals surface area contributed by atoms with Crippen LogP contribution in [0.4, 0.5) is 4.39 Å². The van der Waals surface area contributed by atoms with Gasteiger partial charge < -0.3 is 9.64 Å². The third-order valence-corrected chi connectivity index (χ3v) is 5.08. The van der Waals surface area contributed by atoms with Crippen molar-refractivity contribution in [2.45, 2.75) is 26.2 Å². The van der Waals surface area contributed by atoms with Gasteiger partial charge in [-0.25, -0.2) is 4.39 Å². The van der Waals surface area contributed by atoms with Gasteiger partial charge in [0, 0.05) is 18.7 Å². The molecule has 0 N–H and O–H groups in total. The maximum absolute atomic E-state index is 14.3. The molecule has 27 heavy (non-hydrogen) atoms. The third-order valence-electron chi connectivity index (χ3n) is 5.08. The van der Waals surface area contributed by atoms with Gasteiger partial charge in [-0.05, 0) is 49.9 Å². The average Bonchev–Trinajstić information content (AvgIpc) is 2.70. The predicted molar refractivity (Wildman–Crippen MR) is 101 cm³/mol. The van der Waals surface area contributed by atoms with Crippen LogP contribution in [0.25, 0.3) is 0 Å². The summed E-state index contributed by atoms with van der Waals surface area (Å²) in [4.78, 5) is 27.4. The first-order chi connectivity index (χ1) is 13.1. The highest BCUT2D eigenvalue weighted by Gasteiger charge is 2.45. The van der Waals surface area contributed by atoms with Crippen LogP contribution >= 0.6 is 0 Å². The standard InChI is InChI=1S/C22H24FNO3/c1-2-27-21(26)22(15-18-11-6-7-12-19(18)23)13-8-14-24(16-22)20(25)17-9-4-3-5-10-17/h3-7,9-12H,2,8,13-16H2,1H3/t22-/m0/s1. The molecule has 2 aromatic carbocycles. The van der Waals surface area contributed by atoms with Crippen molar-refractivity contribution in [3.8, 4) is 0 Å². The molecule has 5 heteroatoms. The number of piperidine rings is 1. The fourth-order valence-electron chi connectivity index (χ4n) is 3.74. The summed E-state index contributed by atoms with van der Waals surface area (Å²) in [5, 5.41) is 0. The van der Waals surface area contributed by atoms with E-state index in [-0.39, 0.29) is 37.3 Å². The number of carbonyl (C=O) groups is 2. The summed E-state index contributed by atoms with van der Waals surface area (Å²) in [7, 11) is 0. The summed E-state index contributed by atoms with van der Waals surface area (Å²) in [5.74, 6) is -0.816. The molecule has 0 saturated carbocycles. The molecule has 0 radical (unpaired) electrons. The Labute approximate surface area is 158 Å². The van der Waals surface area contributed by atoms with Gasteiger partial charge >= 0.3 is 5.97 Å². The van der Waals surface area contributed by atoms with Crippen molar-refractivity contribution >= 4 is 11.9 Å². The molecule has 0 spiro atoms. The van der Waals surface area contributed by atoms with Crippen LogP contribution in [0.2, 0.25) is 0 Å². The number of hydrogen-bond donors (Lipinski definition) is 0. The molecule has 1 amide bonds. The summed E-state index contributed by atoms with van der Waals surface area (Å²) in [5.41, 5.74) is 0.128. The normalized spacial score (nSPS) is 19.6. The van der Waals surface area contributed by atoms with E-state index in [2.05, 4.69) is 0 Å². The van der Waals surface area contributed by atoms with Crippen molar-refractivity contribution < 1.29 is 18.7 Å². The summed E-state index contributed by atoms with van der Waals surface area (Å²) >= 11 is 0. The first kappa shape index (κ1) is 19.1. The fourth-order valence-corrected chi connectivity index (χ4v) is 3.74. The van der Waals surface area contributed by atoms with Crippen molar-refractivity contribution in [3.05, 3.63) is 71.5 Å². The van der Waals surface area contributed by atoms with E-state index in [4.69, 9.17) is 4.74 Å². The van der Waals surface area contributed by atoms with E-state index in [1.54, 1.807) is 42.2 Å². The number of ether oxygens (including phenoxy) is 1. The van der Waals surface area contributed by atoms with Crippen molar-refractivity contribution in [2.75, 3.05) is 19.7 Å². The van der Waals surface area contributed by atoms with Gasteiger partial charge in [0.25, 0.3) is 5.91 Å². The highest BCUT2D eigenvalue weighted by atomic mass is 19.1. The third kappa shape index (κ3) is 4.18. The average molecular weight is 369 g/mol. The predicted octanol–water partition coefficient (Wildman–Crippen LogP) is 3.85. The first-order valence-electron chi connectivity index (χ1n) is 9.31. The van der Waals surface area contributed by atoms with E-state index in [0.29, 0.717) is 30.5 Å². The van der Waals surface area contributed by atoms with Crippen LogP contribution in [0.5, 0.6) is 0 Å². The molecule has 1 saturated heterocycles. The number of hydrogen-bond acceptors (Lipinski definition) is 3. The Morgan fingerprint density at radius 3 is 2.52 bits per heavy atom. The van der Waals surface area contributed by atoms with Crippen LogP contribution in [0.3, 0.4) is 0 Å². The van der Waals surface area contributed by atoms with Gasteiger partial charge in [-0.15, -0.1) is 0 Å². The number of carbonyl (C=O) groups excluding carboxylic acids is 2. The number of halogens is 1. The highest BCUT2D eigenvalue weighted by Crippen LogP contribution is 2.36. The molecule has 1 aliphatic rings. The second kappa shape index (κ2) is 8.33. The summed E-state index contributed by atoms with van der Waals surface area (Å²) < 4.78 is 19.6. The van der Waals surface area contributed by atoms with Gasteiger partial charge in [0.05, 0.1) is 12.0 Å². The number of likely N-dealkylation sites (tertiary alicyclic amines) is 1. The molecule has 0 aromatic heterocycles. The Bertz CT molecular complexity index is 808. The monoisotopic (exact) mass is 369 g/mol. The summed E-state index contributed by atoms with van der Waals surface area (Å²) in [6, 6.07) is 15.5. The number of amides is 1. The number of benzene rings is 2. The second-order valence-corrected chi connectivity index (χ2v) is 6.97. The Morgan fingerprint density at radius 1 is 1.11 bits per heavy atom. The quantitative estimate of drug-likeness (QED) is 0.752. The molecule has 1 aliphatic heterocycles. The lowest BCUT2D eigenvalue weighted by Crippen LogP contribution is -2.51. The van der Waals surface area contributed by atoms with Gasteiger partial charge in [-0.3, -0.25) is 9.59 Å². The van der Waals surface area contributed by atoms with Gasteiger partial charge in [-0.2, -0.15) is 0 Å². The molecule has 0 bridgehead atoms. The second-order valence-electron chi connectivity index (χ2n) is 6.97. The highest BCUT2D eigenvalue weighted by molar-refractivity contribution is 5.94. The van der Waals surface area contributed by atoms with Gasteiger partial charge in [0.15, 0.2) is 0 Å². The minimum Gasteiger partial charge on any atom is -0.466 e. The van der Waals surface area contributed by atoms with E-state index < -0.39 is 5.41 Å². The lowest BCUT2D eigenvalue weighted by atomic mass is 9.74. The van der Waals surface area contributed by atoms with Gasteiger partial charge in [-0.1, -0.05) is 36.4 Å². The Kier molecular flexibility index (Phi) is 5.89. The van der Waals surface area contributed by atoms with Crippen LogP contribution in [0, 0.1) is 11.2 Å². The molecule has 0 unspecified atom stereocenters. The topological polar surface area (TPSA) is 46.6 Å². The first-order valence-corrected chi connectivity index (χ1v) is 9.31. The number of rotatable bonds is 5. The van der Waals surface area contributed by atoms with Crippen LogP contribution in [-0.2, 0) is 16.0 Å². The number of esters is 1. The zero-order chi connectivity index (χ0) is 19.3.